The van der Waals surface area contributed by atoms with E-state index in [-0.39, 0.29) is 0 Å². The molecule has 0 amide bonds. The summed E-state index contributed by atoms with van der Waals surface area (Å²) in [7, 11) is 2.09. The van der Waals surface area contributed by atoms with Crippen molar-refractivity contribution in [1.29, 1.82) is 0 Å². The Morgan fingerprint density at radius 1 is 1.36 bits per heavy atom. The largest absolute Gasteiger partial charge is 0.399 e. The van der Waals surface area contributed by atoms with Crippen LogP contribution >= 0.6 is 11.6 Å². The average molecular weight is 213 g/mol. The summed E-state index contributed by atoms with van der Waals surface area (Å²) in [5, 5.41) is 0.706. The molecule has 1 rings (SSSR count). The van der Waals surface area contributed by atoms with Crippen molar-refractivity contribution in [2.45, 2.75) is 26.4 Å². The maximum Gasteiger partial charge on any atom is 0.0429 e. The first-order chi connectivity index (χ1) is 6.49. The number of nitrogens with zero attached hydrogens (tertiary/aromatic N) is 1. The van der Waals surface area contributed by atoms with Crippen LogP contribution in [0.5, 0.6) is 0 Å². The zero-order valence-corrected chi connectivity index (χ0v) is 9.67. The number of anilines is 1. The highest BCUT2D eigenvalue weighted by Crippen LogP contribution is 2.18. The first kappa shape index (κ1) is 11.3. The quantitative estimate of drug-likeness (QED) is 0.781. The summed E-state index contributed by atoms with van der Waals surface area (Å²) in [6.45, 7) is 5.20. The lowest BCUT2D eigenvalue weighted by Gasteiger charge is -2.21. The van der Waals surface area contributed by atoms with Crippen LogP contribution in [0.25, 0.3) is 0 Å². The summed E-state index contributed by atoms with van der Waals surface area (Å²) in [4.78, 5) is 2.24. The second-order valence-corrected chi connectivity index (χ2v) is 4.34. The molecule has 0 unspecified atom stereocenters. The Balaban J connectivity index is 2.76. The smallest absolute Gasteiger partial charge is 0.0429 e. The topological polar surface area (TPSA) is 29.3 Å². The minimum absolute atomic E-state index is 0.523. The lowest BCUT2D eigenvalue weighted by atomic mass is 10.2. The molecule has 0 saturated carbocycles. The normalized spacial score (nSPS) is 11.3. The predicted molar refractivity (Wildman–Crippen MR) is 62.5 cm³/mol. The Morgan fingerprint density at radius 2 is 2.00 bits per heavy atom. The lowest BCUT2D eigenvalue weighted by Crippen LogP contribution is -2.25. The molecule has 0 aliphatic carbocycles. The second-order valence-electron chi connectivity index (χ2n) is 3.90. The number of nitrogen functional groups attached to an aromatic ring is 1. The van der Waals surface area contributed by atoms with Gasteiger partial charge < -0.3 is 5.73 Å². The van der Waals surface area contributed by atoms with Gasteiger partial charge in [0.1, 0.15) is 0 Å². The molecule has 0 spiro atoms. The van der Waals surface area contributed by atoms with E-state index in [0.29, 0.717) is 11.1 Å². The van der Waals surface area contributed by atoms with Crippen molar-refractivity contribution in [3.63, 3.8) is 0 Å². The van der Waals surface area contributed by atoms with Gasteiger partial charge in [-0.3, -0.25) is 4.90 Å². The van der Waals surface area contributed by atoms with E-state index < -0.39 is 0 Å². The standard InChI is InChI=1S/C11H17ClN2/c1-8(2)14(3)7-9-4-10(12)6-11(13)5-9/h4-6,8H,7,13H2,1-3H3. The molecule has 0 aliphatic heterocycles. The number of halogens is 1. The minimum atomic E-state index is 0.523. The molecule has 1 aromatic carbocycles. The van der Waals surface area contributed by atoms with Gasteiger partial charge in [-0.2, -0.15) is 0 Å². The van der Waals surface area contributed by atoms with Crippen molar-refractivity contribution >= 4 is 17.3 Å². The molecule has 0 aliphatic rings. The van der Waals surface area contributed by atoms with Gasteiger partial charge in [0.15, 0.2) is 0 Å². The molecular formula is C11H17ClN2. The Labute approximate surface area is 90.7 Å². The monoisotopic (exact) mass is 212 g/mol. The summed E-state index contributed by atoms with van der Waals surface area (Å²) in [6, 6.07) is 6.21. The lowest BCUT2D eigenvalue weighted by molar-refractivity contribution is 0.266. The fourth-order valence-electron chi connectivity index (χ4n) is 1.24. The van der Waals surface area contributed by atoms with Crippen LogP contribution in [0, 0.1) is 0 Å². The summed E-state index contributed by atoms with van der Waals surface area (Å²) >= 11 is 5.91. The summed E-state index contributed by atoms with van der Waals surface area (Å²) in [5.41, 5.74) is 7.59. The van der Waals surface area contributed by atoms with Crippen molar-refractivity contribution in [2.75, 3.05) is 12.8 Å². The maximum absolute atomic E-state index is 5.91. The molecule has 0 heterocycles. The molecule has 0 saturated heterocycles. The van der Waals surface area contributed by atoms with Gasteiger partial charge in [-0.1, -0.05) is 11.6 Å². The minimum Gasteiger partial charge on any atom is -0.399 e. The number of benzene rings is 1. The SMILES string of the molecule is CC(C)N(C)Cc1cc(N)cc(Cl)c1. The van der Waals surface area contributed by atoms with E-state index in [9.17, 15) is 0 Å². The Hall–Kier alpha value is -0.730. The molecule has 0 atom stereocenters. The van der Waals surface area contributed by atoms with Crippen molar-refractivity contribution in [1.82, 2.24) is 4.90 Å². The Kier molecular flexibility index (Phi) is 3.78. The van der Waals surface area contributed by atoms with Crippen LogP contribution < -0.4 is 5.73 Å². The van der Waals surface area contributed by atoms with Crippen LogP contribution in [0.3, 0.4) is 0 Å². The molecule has 0 radical (unpaired) electrons. The number of hydrogen-bond acceptors (Lipinski definition) is 2. The van der Waals surface area contributed by atoms with Gasteiger partial charge in [0.25, 0.3) is 0 Å². The fourth-order valence-corrected chi connectivity index (χ4v) is 1.50. The molecule has 3 heteroatoms. The first-order valence-corrected chi connectivity index (χ1v) is 5.12. The molecule has 2 nitrogen and oxygen atoms in total. The van der Waals surface area contributed by atoms with Crippen molar-refractivity contribution < 1.29 is 0 Å². The average Bonchev–Trinajstić information content (AvgIpc) is 2.01. The van der Waals surface area contributed by atoms with Crippen molar-refractivity contribution in [3.8, 4) is 0 Å². The van der Waals surface area contributed by atoms with E-state index in [1.54, 1.807) is 6.07 Å². The van der Waals surface area contributed by atoms with E-state index >= 15 is 0 Å². The van der Waals surface area contributed by atoms with Crippen LogP contribution in [-0.4, -0.2) is 18.0 Å². The fraction of sp³-hybridized carbons (Fsp3) is 0.455. The molecule has 0 fully saturated rings. The number of rotatable bonds is 3. The predicted octanol–water partition coefficient (Wildman–Crippen LogP) is 2.76. The van der Waals surface area contributed by atoms with Crippen LogP contribution in [0.4, 0.5) is 5.69 Å². The number of hydrogen-bond donors (Lipinski definition) is 1. The molecule has 1 aromatic rings. The van der Waals surface area contributed by atoms with Crippen LogP contribution in [0.1, 0.15) is 19.4 Å². The van der Waals surface area contributed by atoms with Gasteiger partial charge >= 0.3 is 0 Å². The molecular weight excluding hydrogens is 196 g/mol. The van der Waals surface area contributed by atoms with E-state index in [0.717, 1.165) is 17.8 Å². The molecule has 0 bridgehead atoms. The van der Waals surface area contributed by atoms with Gasteiger partial charge in [-0.15, -0.1) is 0 Å². The highest BCUT2D eigenvalue weighted by Gasteiger charge is 2.05. The highest BCUT2D eigenvalue weighted by atomic mass is 35.5. The molecule has 2 N–H and O–H groups in total. The summed E-state index contributed by atoms with van der Waals surface area (Å²) < 4.78 is 0. The van der Waals surface area contributed by atoms with Crippen LogP contribution in [0.15, 0.2) is 18.2 Å². The van der Waals surface area contributed by atoms with Crippen LogP contribution in [-0.2, 0) is 6.54 Å². The third kappa shape index (κ3) is 3.20. The van der Waals surface area contributed by atoms with Gasteiger partial charge in [0.2, 0.25) is 0 Å². The molecule has 0 aromatic heterocycles. The van der Waals surface area contributed by atoms with Crippen molar-refractivity contribution in [2.24, 2.45) is 0 Å². The van der Waals surface area contributed by atoms with Crippen LogP contribution in [0.2, 0.25) is 5.02 Å². The van der Waals surface area contributed by atoms with Gasteiger partial charge in [-0.25, -0.2) is 0 Å². The third-order valence-corrected chi connectivity index (χ3v) is 2.51. The first-order valence-electron chi connectivity index (χ1n) is 4.74. The van der Waals surface area contributed by atoms with Gasteiger partial charge in [0, 0.05) is 23.3 Å². The third-order valence-electron chi connectivity index (χ3n) is 2.29. The Bertz CT molecular complexity index is 290. The maximum atomic E-state index is 5.91. The van der Waals surface area contributed by atoms with E-state index in [1.807, 2.05) is 12.1 Å². The van der Waals surface area contributed by atoms with E-state index in [2.05, 4.69) is 25.8 Å². The van der Waals surface area contributed by atoms with Gasteiger partial charge in [-0.05, 0) is 44.7 Å². The summed E-state index contributed by atoms with van der Waals surface area (Å²) in [6.07, 6.45) is 0. The van der Waals surface area contributed by atoms with Crippen molar-refractivity contribution in [3.05, 3.63) is 28.8 Å². The van der Waals surface area contributed by atoms with E-state index in [4.69, 9.17) is 17.3 Å². The second kappa shape index (κ2) is 4.67. The zero-order chi connectivity index (χ0) is 10.7. The van der Waals surface area contributed by atoms with E-state index in [1.165, 1.54) is 0 Å². The van der Waals surface area contributed by atoms with Gasteiger partial charge in [0.05, 0.1) is 0 Å². The number of nitrogens with two attached hydrogens (primary N) is 1. The Morgan fingerprint density at radius 3 is 2.50 bits per heavy atom. The highest BCUT2D eigenvalue weighted by molar-refractivity contribution is 6.30. The summed E-state index contributed by atoms with van der Waals surface area (Å²) in [5.74, 6) is 0. The molecule has 78 valence electrons. The zero-order valence-electron chi connectivity index (χ0n) is 8.92. The molecule has 14 heavy (non-hydrogen) atoms.